The first kappa shape index (κ1) is 34.6. The largest absolute Gasteiger partial charge is 0.453 e. The van der Waals surface area contributed by atoms with Gasteiger partial charge in [-0.2, -0.15) is 0 Å². The summed E-state index contributed by atoms with van der Waals surface area (Å²) >= 11 is 1.46. The van der Waals surface area contributed by atoms with Gasteiger partial charge in [0.05, 0.1) is 53.8 Å². The van der Waals surface area contributed by atoms with Crippen molar-refractivity contribution in [1.29, 1.82) is 0 Å². The Bertz CT molecular complexity index is 1630. The van der Waals surface area contributed by atoms with E-state index in [9.17, 15) is 14.0 Å². The lowest BCUT2D eigenvalue weighted by atomic mass is 10.0. The molecule has 0 spiro atoms. The van der Waals surface area contributed by atoms with E-state index in [1.165, 1.54) is 17.4 Å². The molecule has 1 aromatic carbocycles. The van der Waals surface area contributed by atoms with Crippen molar-refractivity contribution in [2.45, 2.75) is 52.5 Å². The van der Waals surface area contributed by atoms with Crippen molar-refractivity contribution < 1.29 is 32.9 Å². The number of fused-ring (bicyclic) bond motifs is 1. The Kier molecular flexibility index (Phi) is 12.8. The summed E-state index contributed by atoms with van der Waals surface area (Å²) in [5, 5.41) is 0. The molecule has 4 aromatic rings. The molecule has 3 aromatic heterocycles. The fourth-order valence-electron chi connectivity index (χ4n) is 5.01. The minimum absolute atomic E-state index is 0.0433. The van der Waals surface area contributed by atoms with Crippen LogP contribution in [-0.4, -0.2) is 72.7 Å². The number of hydrogen-bond donors (Lipinski definition) is 0. The second kappa shape index (κ2) is 17.4. The molecule has 9 nitrogen and oxygen atoms in total. The number of halogens is 1. The van der Waals surface area contributed by atoms with E-state index in [0.29, 0.717) is 75.3 Å². The molecular formula is C36H42FN3O6S. The highest BCUT2D eigenvalue weighted by Gasteiger charge is 2.24. The van der Waals surface area contributed by atoms with Crippen LogP contribution >= 0.6 is 11.3 Å². The Hall–Kier alpha value is -3.77. The number of aromatic nitrogens is 2. The number of nitrogens with zero attached hydrogens (tertiary/aromatic N) is 3. The average Bonchev–Trinajstić information content (AvgIpc) is 3.76. The third kappa shape index (κ3) is 10.6. The highest BCUT2D eigenvalue weighted by atomic mass is 32.1. The van der Waals surface area contributed by atoms with E-state index in [2.05, 4.69) is 16.9 Å². The number of thiophene rings is 1. The van der Waals surface area contributed by atoms with Crippen LogP contribution in [0.1, 0.15) is 50.7 Å². The molecule has 1 aliphatic rings. The topological polar surface area (TPSA) is 100 Å². The van der Waals surface area contributed by atoms with Crippen molar-refractivity contribution in [2.24, 2.45) is 5.92 Å². The second-order valence-electron chi connectivity index (χ2n) is 11.7. The Balaban J connectivity index is 1.14. The Morgan fingerprint density at radius 3 is 2.34 bits per heavy atom. The van der Waals surface area contributed by atoms with Gasteiger partial charge in [-0.3, -0.25) is 19.6 Å². The van der Waals surface area contributed by atoms with Crippen LogP contribution in [0.3, 0.4) is 0 Å². The minimum atomic E-state index is -0.510. The molecule has 11 heteroatoms. The second-order valence-corrected chi connectivity index (χ2v) is 12.7. The summed E-state index contributed by atoms with van der Waals surface area (Å²) in [6, 6.07) is 12.2. The standard InChI is InChI=1S/C36H42FN3O6S/c1-3-13-43-15-17-45-18-16-44-14-12-40(25(2)41)24-28-6-8-31(39-23-28)35-22-32-36(47-35)34(10-11-38-32)46-33-9-7-27(21-30(33)37)20-29(42)19-26-4-5-26/h6-11,21-23,26H,3-5,12-20,24H2,1-2H3. The van der Waals surface area contributed by atoms with Crippen LogP contribution in [0.2, 0.25) is 0 Å². The van der Waals surface area contributed by atoms with Gasteiger partial charge in [0.1, 0.15) is 11.5 Å². The van der Waals surface area contributed by atoms with Gasteiger partial charge in [-0.15, -0.1) is 11.3 Å². The van der Waals surface area contributed by atoms with Crippen LogP contribution in [0.4, 0.5) is 4.39 Å². The molecule has 0 unspecified atom stereocenters. The lowest BCUT2D eigenvalue weighted by Gasteiger charge is -2.21. The van der Waals surface area contributed by atoms with Gasteiger partial charge in [0.15, 0.2) is 11.6 Å². The molecule has 250 valence electrons. The number of ketones is 1. The minimum Gasteiger partial charge on any atom is -0.453 e. The highest BCUT2D eigenvalue weighted by molar-refractivity contribution is 7.22. The average molecular weight is 664 g/mol. The van der Waals surface area contributed by atoms with Crippen molar-refractivity contribution >= 4 is 33.2 Å². The zero-order valence-corrected chi connectivity index (χ0v) is 27.9. The first-order valence-corrected chi connectivity index (χ1v) is 17.0. The van der Waals surface area contributed by atoms with Gasteiger partial charge in [-0.1, -0.05) is 19.1 Å². The van der Waals surface area contributed by atoms with E-state index in [-0.39, 0.29) is 23.9 Å². The first-order valence-electron chi connectivity index (χ1n) is 16.2. The molecule has 3 heterocycles. The van der Waals surface area contributed by atoms with Crippen LogP contribution in [0.25, 0.3) is 20.8 Å². The van der Waals surface area contributed by atoms with Gasteiger partial charge in [0.25, 0.3) is 0 Å². The number of hydrogen-bond acceptors (Lipinski definition) is 9. The molecule has 0 atom stereocenters. The van der Waals surface area contributed by atoms with Crippen molar-refractivity contribution in [2.75, 3.05) is 46.2 Å². The molecule has 47 heavy (non-hydrogen) atoms. The number of carbonyl (C=O) groups excluding carboxylic acids is 2. The number of carbonyl (C=O) groups is 2. The van der Waals surface area contributed by atoms with Gasteiger partial charge < -0.3 is 23.8 Å². The maximum absolute atomic E-state index is 15.0. The predicted molar refractivity (Wildman–Crippen MR) is 179 cm³/mol. The lowest BCUT2D eigenvalue weighted by Crippen LogP contribution is -2.32. The Morgan fingerprint density at radius 2 is 1.66 bits per heavy atom. The number of amides is 1. The number of ether oxygens (including phenoxy) is 4. The quantitative estimate of drug-likeness (QED) is 0.0932. The zero-order chi connectivity index (χ0) is 33.0. The molecule has 0 aliphatic heterocycles. The smallest absolute Gasteiger partial charge is 0.219 e. The molecule has 1 amide bonds. The third-order valence-corrected chi connectivity index (χ3v) is 8.86. The summed E-state index contributed by atoms with van der Waals surface area (Å²) in [6.07, 6.45) is 7.43. The number of benzene rings is 1. The fraction of sp³-hybridized carbons (Fsp3) is 0.444. The van der Waals surface area contributed by atoms with Gasteiger partial charge in [0, 0.05) is 57.9 Å². The number of Topliss-reactive ketones (excluding diaryl/α,β-unsaturated/α-hetero) is 1. The van der Waals surface area contributed by atoms with Crippen LogP contribution in [-0.2, 0) is 36.8 Å². The van der Waals surface area contributed by atoms with E-state index in [4.69, 9.17) is 18.9 Å². The molecule has 1 saturated carbocycles. The van der Waals surface area contributed by atoms with Crippen molar-refractivity contribution in [1.82, 2.24) is 14.9 Å². The molecule has 0 N–H and O–H groups in total. The van der Waals surface area contributed by atoms with E-state index >= 15 is 0 Å². The van der Waals surface area contributed by atoms with Crippen LogP contribution < -0.4 is 4.74 Å². The molecule has 0 saturated heterocycles. The van der Waals surface area contributed by atoms with Crippen LogP contribution in [0.5, 0.6) is 11.5 Å². The maximum atomic E-state index is 15.0. The van der Waals surface area contributed by atoms with Gasteiger partial charge in [-0.05, 0) is 60.6 Å². The number of rotatable bonds is 20. The molecule has 5 rings (SSSR count). The predicted octanol–water partition coefficient (Wildman–Crippen LogP) is 7.01. The van der Waals surface area contributed by atoms with E-state index < -0.39 is 5.82 Å². The zero-order valence-electron chi connectivity index (χ0n) is 27.0. The van der Waals surface area contributed by atoms with Crippen molar-refractivity contribution in [3.63, 3.8) is 0 Å². The van der Waals surface area contributed by atoms with Gasteiger partial charge in [-0.25, -0.2) is 4.39 Å². The van der Waals surface area contributed by atoms with Gasteiger partial charge >= 0.3 is 0 Å². The molecule has 0 radical (unpaired) electrons. The molecular weight excluding hydrogens is 621 g/mol. The molecule has 1 fully saturated rings. The number of pyridine rings is 2. The monoisotopic (exact) mass is 663 g/mol. The van der Waals surface area contributed by atoms with Gasteiger partial charge in [0.2, 0.25) is 5.91 Å². The summed E-state index contributed by atoms with van der Waals surface area (Å²) in [4.78, 5) is 36.2. The van der Waals surface area contributed by atoms with E-state index in [1.807, 2.05) is 18.2 Å². The fourth-order valence-corrected chi connectivity index (χ4v) is 6.06. The Morgan fingerprint density at radius 1 is 0.915 bits per heavy atom. The summed E-state index contributed by atoms with van der Waals surface area (Å²) in [5.74, 6) is 0.689. The van der Waals surface area contributed by atoms with Crippen molar-refractivity contribution in [3.8, 4) is 22.1 Å². The molecule has 0 bridgehead atoms. The summed E-state index contributed by atoms with van der Waals surface area (Å²) in [5.41, 5.74) is 3.02. The summed E-state index contributed by atoms with van der Waals surface area (Å²) in [6.45, 7) is 7.70. The summed E-state index contributed by atoms with van der Waals surface area (Å²) < 4.78 is 38.3. The lowest BCUT2D eigenvalue weighted by molar-refractivity contribution is -0.130. The van der Waals surface area contributed by atoms with Crippen LogP contribution in [0, 0.1) is 11.7 Å². The normalized spacial score (nSPS) is 12.8. The first-order chi connectivity index (χ1) is 22.9. The summed E-state index contributed by atoms with van der Waals surface area (Å²) in [7, 11) is 0. The van der Waals surface area contributed by atoms with E-state index in [1.54, 1.807) is 42.4 Å². The molecule has 1 aliphatic carbocycles. The Labute approximate surface area is 279 Å². The maximum Gasteiger partial charge on any atom is 0.219 e. The SMILES string of the molecule is CCCOCCOCCOCCN(Cc1ccc(-c2cc3nccc(Oc4ccc(CC(=O)CC5CC5)cc4F)c3s2)nc1)C(C)=O. The van der Waals surface area contributed by atoms with Crippen molar-refractivity contribution in [3.05, 3.63) is 71.8 Å². The van der Waals surface area contributed by atoms with Crippen LogP contribution in [0.15, 0.2) is 54.9 Å². The third-order valence-electron chi connectivity index (χ3n) is 7.70. The highest BCUT2D eigenvalue weighted by Crippen LogP contribution is 2.39. The van der Waals surface area contributed by atoms with E-state index in [0.717, 1.165) is 46.7 Å².